The molecule has 19 heavy (non-hydrogen) atoms. The largest absolute Gasteiger partial charge is 0.481 e. The Bertz CT molecular complexity index is 650. The number of carboxylic acids is 1. The molecule has 1 aromatic heterocycles. The van der Waals surface area contributed by atoms with Crippen LogP contribution in [0.3, 0.4) is 0 Å². The minimum atomic E-state index is -0.879. The number of hydrogen-bond donors (Lipinski definition) is 1. The summed E-state index contributed by atoms with van der Waals surface area (Å²) in [6, 6.07) is 4.45. The topological polar surface area (TPSA) is 50.2 Å². The van der Waals surface area contributed by atoms with Crippen molar-refractivity contribution >= 4 is 28.9 Å². The van der Waals surface area contributed by atoms with Gasteiger partial charge in [-0.2, -0.15) is 0 Å². The quantitative estimate of drug-likeness (QED) is 0.919. The molecular formula is C13H9ClFNO2S. The van der Waals surface area contributed by atoms with Gasteiger partial charge in [0, 0.05) is 4.88 Å². The average molecular weight is 298 g/mol. The number of halogens is 2. The van der Waals surface area contributed by atoms with E-state index in [2.05, 4.69) is 4.98 Å². The molecule has 3 rings (SSSR count). The molecule has 0 saturated heterocycles. The van der Waals surface area contributed by atoms with Crippen molar-refractivity contribution in [1.29, 1.82) is 0 Å². The lowest BCUT2D eigenvalue weighted by Crippen LogP contribution is -2.08. The maximum Gasteiger partial charge on any atom is 0.312 e. The molecule has 6 heteroatoms. The maximum absolute atomic E-state index is 13.8. The summed E-state index contributed by atoms with van der Waals surface area (Å²) >= 11 is 7.32. The molecule has 1 heterocycles. The molecule has 1 atom stereocenters. The fourth-order valence-corrected chi connectivity index (χ4v) is 3.78. The molecule has 0 amide bonds. The second kappa shape index (κ2) is 4.58. The van der Waals surface area contributed by atoms with E-state index in [1.165, 1.54) is 23.5 Å². The van der Waals surface area contributed by atoms with Gasteiger partial charge in [0.25, 0.3) is 0 Å². The highest BCUT2D eigenvalue weighted by Crippen LogP contribution is 2.42. The number of carboxylic acid groups (broad SMARTS) is 1. The number of aryl methyl sites for hydroxylation is 1. The third kappa shape index (κ3) is 2.03. The zero-order valence-electron chi connectivity index (χ0n) is 9.69. The first-order valence-corrected chi connectivity index (χ1v) is 6.94. The molecule has 0 bridgehead atoms. The summed E-state index contributed by atoms with van der Waals surface area (Å²) in [7, 11) is 0. The molecule has 0 aliphatic heterocycles. The molecule has 1 aromatic carbocycles. The highest BCUT2D eigenvalue weighted by molar-refractivity contribution is 7.15. The molecular weight excluding hydrogens is 289 g/mol. The van der Waals surface area contributed by atoms with Crippen LogP contribution in [-0.2, 0) is 11.2 Å². The van der Waals surface area contributed by atoms with E-state index in [-0.39, 0.29) is 5.56 Å². The minimum Gasteiger partial charge on any atom is -0.481 e. The Morgan fingerprint density at radius 2 is 2.32 bits per heavy atom. The third-order valence-corrected chi connectivity index (χ3v) is 4.66. The summed E-state index contributed by atoms with van der Waals surface area (Å²) in [5.41, 5.74) is 0.819. The van der Waals surface area contributed by atoms with Gasteiger partial charge in [-0.25, -0.2) is 9.37 Å². The number of aliphatic carboxylic acids is 1. The minimum absolute atomic E-state index is 0.257. The van der Waals surface area contributed by atoms with Crippen LogP contribution in [0.15, 0.2) is 18.2 Å². The highest BCUT2D eigenvalue weighted by atomic mass is 35.5. The molecule has 1 aliphatic carbocycles. The third-order valence-electron chi connectivity index (χ3n) is 3.19. The molecule has 1 aliphatic rings. The number of thiazole rings is 1. The van der Waals surface area contributed by atoms with Crippen molar-refractivity contribution in [3.63, 3.8) is 0 Å². The molecule has 0 spiro atoms. The van der Waals surface area contributed by atoms with Crippen molar-refractivity contribution in [2.75, 3.05) is 0 Å². The Balaban J connectivity index is 2.10. The van der Waals surface area contributed by atoms with E-state index in [1.807, 2.05) is 0 Å². The predicted molar refractivity (Wildman–Crippen MR) is 71.2 cm³/mol. The maximum atomic E-state index is 13.8. The van der Waals surface area contributed by atoms with Crippen molar-refractivity contribution in [2.45, 2.75) is 18.8 Å². The Labute approximate surface area is 117 Å². The van der Waals surface area contributed by atoms with Gasteiger partial charge >= 0.3 is 5.97 Å². The number of benzene rings is 1. The van der Waals surface area contributed by atoms with Gasteiger partial charge in [-0.1, -0.05) is 17.7 Å². The first kappa shape index (κ1) is 12.6. The molecule has 0 radical (unpaired) electrons. The fourth-order valence-electron chi connectivity index (χ4n) is 2.28. The summed E-state index contributed by atoms with van der Waals surface area (Å²) in [6.45, 7) is 0. The normalized spacial score (nSPS) is 17.5. The number of carbonyl (C=O) groups is 1. The second-order valence-corrected chi connectivity index (χ2v) is 5.84. The Morgan fingerprint density at radius 3 is 3.00 bits per heavy atom. The Hall–Kier alpha value is -1.46. The van der Waals surface area contributed by atoms with Crippen molar-refractivity contribution in [3.05, 3.63) is 39.6 Å². The first-order chi connectivity index (χ1) is 9.08. The summed E-state index contributed by atoms with van der Waals surface area (Å²) in [6.07, 6.45) is 1.24. The number of rotatable bonds is 2. The van der Waals surface area contributed by atoms with Crippen LogP contribution in [0.2, 0.25) is 5.02 Å². The van der Waals surface area contributed by atoms with Crippen LogP contribution >= 0.6 is 22.9 Å². The molecule has 2 aromatic rings. The predicted octanol–water partition coefficient (Wildman–Crippen LogP) is 3.72. The zero-order valence-corrected chi connectivity index (χ0v) is 11.3. The Kier molecular flexibility index (Phi) is 3.03. The lowest BCUT2D eigenvalue weighted by molar-refractivity contribution is -0.138. The van der Waals surface area contributed by atoms with E-state index in [0.717, 1.165) is 4.88 Å². The van der Waals surface area contributed by atoms with Crippen LogP contribution in [0.5, 0.6) is 0 Å². The van der Waals surface area contributed by atoms with E-state index in [4.69, 9.17) is 16.7 Å². The molecule has 0 fully saturated rings. The van der Waals surface area contributed by atoms with Crippen LogP contribution in [-0.4, -0.2) is 16.1 Å². The van der Waals surface area contributed by atoms with Crippen molar-refractivity contribution in [2.24, 2.45) is 0 Å². The smallest absolute Gasteiger partial charge is 0.312 e. The molecule has 98 valence electrons. The van der Waals surface area contributed by atoms with E-state index in [9.17, 15) is 9.18 Å². The van der Waals surface area contributed by atoms with Gasteiger partial charge in [0.05, 0.1) is 16.3 Å². The van der Waals surface area contributed by atoms with E-state index in [0.29, 0.717) is 28.6 Å². The average Bonchev–Trinajstić information content (AvgIpc) is 2.87. The molecule has 1 N–H and O–H groups in total. The van der Waals surface area contributed by atoms with Gasteiger partial charge in [-0.15, -0.1) is 11.3 Å². The van der Waals surface area contributed by atoms with Crippen LogP contribution in [0.25, 0.3) is 10.6 Å². The highest BCUT2D eigenvalue weighted by Gasteiger charge is 2.33. The van der Waals surface area contributed by atoms with Gasteiger partial charge in [-0.05, 0) is 25.0 Å². The molecule has 3 nitrogen and oxygen atoms in total. The second-order valence-electron chi connectivity index (χ2n) is 4.35. The number of nitrogens with zero attached hydrogens (tertiary/aromatic N) is 1. The van der Waals surface area contributed by atoms with Gasteiger partial charge in [0.2, 0.25) is 0 Å². The molecule has 1 unspecified atom stereocenters. The van der Waals surface area contributed by atoms with Crippen LogP contribution < -0.4 is 0 Å². The SMILES string of the molecule is O=C(O)C1CCc2sc(-c3c(F)cccc3Cl)nc21. The van der Waals surface area contributed by atoms with Crippen LogP contribution in [0.4, 0.5) is 4.39 Å². The summed E-state index contributed by atoms with van der Waals surface area (Å²) in [5, 5.41) is 9.86. The monoisotopic (exact) mass is 297 g/mol. The zero-order chi connectivity index (χ0) is 13.6. The lowest BCUT2D eigenvalue weighted by Gasteiger charge is -2.03. The van der Waals surface area contributed by atoms with E-state index < -0.39 is 17.7 Å². The summed E-state index contributed by atoms with van der Waals surface area (Å²) < 4.78 is 13.8. The van der Waals surface area contributed by atoms with Crippen LogP contribution in [0.1, 0.15) is 22.9 Å². The van der Waals surface area contributed by atoms with Gasteiger partial charge in [0.1, 0.15) is 16.7 Å². The van der Waals surface area contributed by atoms with Gasteiger partial charge in [-0.3, -0.25) is 4.79 Å². The standard InChI is InChI=1S/C13H9ClFNO2S/c14-7-2-1-3-8(15)10(7)12-16-11-6(13(17)18)4-5-9(11)19-12/h1-3,6H,4-5H2,(H,17,18). The van der Waals surface area contributed by atoms with Crippen molar-refractivity contribution in [1.82, 2.24) is 4.98 Å². The summed E-state index contributed by atoms with van der Waals surface area (Å²) in [5.74, 6) is -1.90. The van der Waals surface area contributed by atoms with Crippen molar-refractivity contribution < 1.29 is 14.3 Å². The number of hydrogen-bond acceptors (Lipinski definition) is 3. The van der Waals surface area contributed by atoms with Crippen molar-refractivity contribution in [3.8, 4) is 10.6 Å². The first-order valence-electron chi connectivity index (χ1n) is 5.74. The van der Waals surface area contributed by atoms with Gasteiger partial charge < -0.3 is 5.11 Å². The van der Waals surface area contributed by atoms with Crippen LogP contribution in [0, 0.1) is 5.82 Å². The fraction of sp³-hybridized carbons (Fsp3) is 0.231. The van der Waals surface area contributed by atoms with E-state index >= 15 is 0 Å². The number of fused-ring (bicyclic) bond motifs is 1. The molecule has 0 saturated carbocycles. The lowest BCUT2D eigenvalue weighted by atomic mass is 10.1. The Morgan fingerprint density at radius 1 is 1.53 bits per heavy atom. The number of aromatic nitrogens is 1. The summed E-state index contributed by atoms with van der Waals surface area (Å²) in [4.78, 5) is 16.3. The van der Waals surface area contributed by atoms with Gasteiger partial charge in [0.15, 0.2) is 0 Å². The van der Waals surface area contributed by atoms with E-state index in [1.54, 1.807) is 6.07 Å².